The van der Waals surface area contributed by atoms with E-state index in [9.17, 15) is 4.79 Å². The van der Waals surface area contributed by atoms with Gasteiger partial charge in [-0.3, -0.25) is 9.80 Å². The number of benzene rings is 1. The maximum atomic E-state index is 12.0. The van der Waals surface area contributed by atoms with E-state index in [-0.39, 0.29) is 11.3 Å². The number of hydrazine groups is 1. The molecule has 0 aromatic heterocycles. The highest BCUT2D eigenvalue weighted by atomic mass is 16.2. The molecule has 0 bridgehead atoms. The minimum absolute atomic E-state index is 0.0230. The van der Waals surface area contributed by atoms with Crippen molar-refractivity contribution < 1.29 is 4.79 Å². The molecular formula is C14H20N2O. The average molecular weight is 232 g/mol. The van der Waals surface area contributed by atoms with Crippen LogP contribution in [-0.2, 0) is 10.2 Å². The van der Waals surface area contributed by atoms with Gasteiger partial charge in [0.25, 0.3) is 0 Å². The Morgan fingerprint density at radius 1 is 1.29 bits per heavy atom. The van der Waals surface area contributed by atoms with Crippen LogP contribution in [-0.4, -0.2) is 18.0 Å². The summed E-state index contributed by atoms with van der Waals surface area (Å²) in [5, 5.41) is 1.21. The lowest BCUT2D eigenvalue weighted by atomic mass is 9.92. The fourth-order valence-electron chi connectivity index (χ4n) is 2.28. The summed E-state index contributed by atoms with van der Waals surface area (Å²) in [6.45, 7) is 4.33. The zero-order valence-electron chi connectivity index (χ0n) is 10.7. The number of rotatable bonds is 3. The van der Waals surface area contributed by atoms with Crippen molar-refractivity contribution in [3.63, 3.8) is 0 Å². The molecule has 1 aromatic carbocycles. The summed E-state index contributed by atoms with van der Waals surface area (Å²) in [6, 6.07) is 8.38. The largest absolute Gasteiger partial charge is 0.283 e. The molecule has 0 heterocycles. The monoisotopic (exact) mass is 232 g/mol. The Kier molecular flexibility index (Phi) is 2.96. The van der Waals surface area contributed by atoms with Crippen molar-refractivity contribution in [1.29, 1.82) is 0 Å². The minimum atomic E-state index is -0.334. The second-order valence-corrected chi connectivity index (χ2v) is 5.27. The minimum Gasteiger partial charge on any atom is -0.283 e. The third-order valence-corrected chi connectivity index (χ3v) is 3.61. The summed E-state index contributed by atoms with van der Waals surface area (Å²) >= 11 is 0. The molecule has 17 heavy (non-hydrogen) atoms. The van der Waals surface area contributed by atoms with Gasteiger partial charge in [0.15, 0.2) is 0 Å². The lowest BCUT2D eigenvalue weighted by Gasteiger charge is -2.20. The first-order chi connectivity index (χ1) is 7.97. The van der Waals surface area contributed by atoms with Crippen molar-refractivity contribution in [2.24, 2.45) is 5.84 Å². The molecule has 1 aliphatic rings. The van der Waals surface area contributed by atoms with E-state index in [0.29, 0.717) is 5.92 Å². The normalized spacial score (nSPS) is 17.0. The zero-order valence-corrected chi connectivity index (χ0v) is 10.7. The first-order valence-corrected chi connectivity index (χ1v) is 6.10. The van der Waals surface area contributed by atoms with E-state index in [1.54, 1.807) is 7.05 Å². The lowest BCUT2D eigenvalue weighted by Crippen LogP contribution is -2.41. The number of hydrogen-bond acceptors (Lipinski definition) is 2. The summed E-state index contributed by atoms with van der Waals surface area (Å²) < 4.78 is 0. The second-order valence-electron chi connectivity index (χ2n) is 5.27. The van der Waals surface area contributed by atoms with Gasteiger partial charge in [-0.15, -0.1) is 0 Å². The molecule has 1 saturated carbocycles. The number of hydrogen-bond donors (Lipinski definition) is 1. The SMILES string of the molecule is CC(C)c1ccc(C2(C(=O)N(C)N)CC2)cc1. The van der Waals surface area contributed by atoms with Crippen LogP contribution in [0.5, 0.6) is 0 Å². The molecule has 1 amide bonds. The van der Waals surface area contributed by atoms with Gasteiger partial charge >= 0.3 is 0 Å². The molecule has 1 aliphatic carbocycles. The molecule has 1 aromatic rings. The van der Waals surface area contributed by atoms with Crippen LogP contribution in [0.1, 0.15) is 43.7 Å². The highest BCUT2D eigenvalue weighted by Gasteiger charge is 2.52. The van der Waals surface area contributed by atoms with Gasteiger partial charge in [-0.25, -0.2) is 5.84 Å². The lowest BCUT2D eigenvalue weighted by molar-refractivity contribution is -0.132. The van der Waals surface area contributed by atoms with Crippen LogP contribution >= 0.6 is 0 Å². The summed E-state index contributed by atoms with van der Waals surface area (Å²) in [6.07, 6.45) is 1.82. The average Bonchev–Trinajstić information content (AvgIpc) is 3.09. The van der Waals surface area contributed by atoms with Gasteiger partial charge in [0, 0.05) is 7.05 Å². The maximum Gasteiger partial charge on any atom is 0.246 e. The van der Waals surface area contributed by atoms with Gasteiger partial charge in [0.2, 0.25) is 5.91 Å². The quantitative estimate of drug-likeness (QED) is 0.493. The van der Waals surface area contributed by atoms with E-state index in [2.05, 4.69) is 38.1 Å². The predicted octanol–water partition coefficient (Wildman–Crippen LogP) is 2.17. The van der Waals surface area contributed by atoms with Crippen LogP contribution in [0.15, 0.2) is 24.3 Å². The smallest absolute Gasteiger partial charge is 0.246 e. The van der Waals surface area contributed by atoms with Crippen molar-refractivity contribution in [2.45, 2.75) is 38.0 Å². The number of likely N-dealkylation sites (N-methyl/N-ethyl adjacent to an activating group) is 1. The predicted molar refractivity (Wildman–Crippen MR) is 68.4 cm³/mol. The van der Waals surface area contributed by atoms with Gasteiger partial charge in [0.05, 0.1) is 5.41 Å². The van der Waals surface area contributed by atoms with Crippen LogP contribution < -0.4 is 5.84 Å². The van der Waals surface area contributed by atoms with E-state index in [1.807, 2.05) is 0 Å². The fraction of sp³-hybridized carbons (Fsp3) is 0.500. The Balaban J connectivity index is 2.26. The molecule has 0 unspecified atom stereocenters. The van der Waals surface area contributed by atoms with Crippen LogP contribution in [0.2, 0.25) is 0 Å². The van der Waals surface area contributed by atoms with Crippen LogP contribution in [0.3, 0.4) is 0 Å². The topological polar surface area (TPSA) is 46.3 Å². The Bertz CT molecular complexity index is 416. The summed E-state index contributed by atoms with van der Waals surface area (Å²) in [5.41, 5.74) is 2.07. The Morgan fingerprint density at radius 3 is 2.18 bits per heavy atom. The Labute approximate surface area is 103 Å². The zero-order chi connectivity index (χ0) is 12.6. The van der Waals surface area contributed by atoms with E-state index in [4.69, 9.17) is 5.84 Å². The highest BCUT2D eigenvalue weighted by molar-refractivity contribution is 5.90. The number of carbonyl (C=O) groups is 1. The summed E-state index contributed by atoms with van der Waals surface area (Å²) in [5.74, 6) is 6.10. The Morgan fingerprint density at radius 2 is 1.82 bits per heavy atom. The van der Waals surface area contributed by atoms with Gasteiger partial charge < -0.3 is 0 Å². The van der Waals surface area contributed by atoms with Crippen molar-refractivity contribution in [3.8, 4) is 0 Å². The van der Waals surface area contributed by atoms with Crippen molar-refractivity contribution in [3.05, 3.63) is 35.4 Å². The molecule has 0 aliphatic heterocycles. The number of amides is 1. The molecule has 0 atom stereocenters. The van der Waals surface area contributed by atoms with Crippen molar-refractivity contribution >= 4 is 5.91 Å². The molecule has 2 N–H and O–H groups in total. The highest BCUT2D eigenvalue weighted by Crippen LogP contribution is 2.49. The molecular weight excluding hydrogens is 212 g/mol. The van der Waals surface area contributed by atoms with Gasteiger partial charge in [0.1, 0.15) is 0 Å². The van der Waals surface area contributed by atoms with Crippen molar-refractivity contribution in [2.75, 3.05) is 7.05 Å². The van der Waals surface area contributed by atoms with Crippen LogP contribution in [0, 0.1) is 0 Å². The first-order valence-electron chi connectivity index (χ1n) is 6.10. The van der Waals surface area contributed by atoms with Crippen LogP contribution in [0.25, 0.3) is 0 Å². The van der Waals surface area contributed by atoms with Crippen molar-refractivity contribution in [1.82, 2.24) is 5.01 Å². The maximum absolute atomic E-state index is 12.0. The molecule has 3 nitrogen and oxygen atoms in total. The summed E-state index contributed by atoms with van der Waals surface area (Å²) in [4.78, 5) is 12.0. The Hall–Kier alpha value is -1.35. The second kappa shape index (κ2) is 4.15. The number of nitrogens with zero attached hydrogens (tertiary/aromatic N) is 1. The third kappa shape index (κ3) is 2.07. The molecule has 1 fully saturated rings. The van der Waals surface area contributed by atoms with Gasteiger partial charge in [-0.2, -0.15) is 0 Å². The molecule has 2 rings (SSSR count). The first kappa shape index (κ1) is 12.1. The molecule has 3 heteroatoms. The molecule has 0 radical (unpaired) electrons. The fourth-order valence-corrected chi connectivity index (χ4v) is 2.28. The molecule has 0 spiro atoms. The standard InChI is InChI=1S/C14H20N2O/c1-10(2)11-4-6-12(7-5-11)14(8-9-14)13(17)16(3)15/h4-7,10H,8-9,15H2,1-3H3. The van der Waals surface area contributed by atoms with Crippen LogP contribution in [0.4, 0.5) is 0 Å². The summed E-state index contributed by atoms with van der Waals surface area (Å²) in [7, 11) is 1.62. The number of nitrogens with two attached hydrogens (primary N) is 1. The molecule has 0 saturated heterocycles. The number of carbonyl (C=O) groups excluding carboxylic acids is 1. The van der Waals surface area contributed by atoms with Gasteiger partial charge in [-0.05, 0) is 29.9 Å². The van der Waals surface area contributed by atoms with E-state index in [0.717, 1.165) is 18.4 Å². The molecule has 92 valence electrons. The van der Waals surface area contributed by atoms with Gasteiger partial charge in [-0.1, -0.05) is 38.1 Å². The van der Waals surface area contributed by atoms with E-state index in [1.165, 1.54) is 10.6 Å². The van der Waals surface area contributed by atoms with E-state index >= 15 is 0 Å². The van der Waals surface area contributed by atoms with E-state index < -0.39 is 0 Å². The third-order valence-electron chi connectivity index (χ3n) is 3.61.